The lowest BCUT2D eigenvalue weighted by Crippen LogP contribution is -2.49. The van der Waals surface area contributed by atoms with Crippen molar-refractivity contribution in [1.29, 1.82) is 0 Å². The van der Waals surface area contributed by atoms with Crippen molar-refractivity contribution >= 4 is 0 Å². The number of aryl methyl sites for hydroxylation is 2. The maximum absolute atomic E-state index is 10.9. The molecule has 1 aromatic rings. The predicted octanol–water partition coefficient (Wildman–Crippen LogP) is 4.61. The van der Waals surface area contributed by atoms with Gasteiger partial charge in [0.05, 0.1) is 12.7 Å². The summed E-state index contributed by atoms with van der Waals surface area (Å²) in [5.74, 6) is 3.13. The lowest BCUT2D eigenvalue weighted by Gasteiger charge is -2.53. The molecule has 1 aromatic carbocycles. The zero-order valence-electron chi connectivity index (χ0n) is 15.0. The molecule has 0 saturated heterocycles. The van der Waals surface area contributed by atoms with E-state index in [1.807, 2.05) is 0 Å². The normalized spacial score (nSPS) is 41.9. The first-order valence-corrected chi connectivity index (χ1v) is 9.27. The maximum Gasteiger partial charge on any atom is 0.119 e. The van der Waals surface area contributed by atoms with E-state index in [0.717, 1.165) is 24.5 Å². The second-order valence-corrected chi connectivity index (χ2v) is 8.70. The van der Waals surface area contributed by atoms with Gasteiger partial charge in [0.15, 0.2) is 0 Å². The fourth-order valence-electron chi connectivity index (χ4n) is 6.30. The van der Waals surface area contributed by atoms with Crippen molar-refractivity contribution in [3.8, 4) is 5.75 Å². The summed E-state index contributed by atoms with van der Waals surface area (Å²) in [4.78, 5) is 0. The number of benzene rings is 1. The molecule has 5 atom stereocenters. The third kappa shape index (κ3) is 2.03. The lowest BCUT2D eigenvalue weighted by molar-refractivity contribution is -0.0902. The summed E-state index contributed by atoms with van der Waals surface area (Å²) in [5, 5.41) is 10.9. The van der Waals surface area contributed by atoms with Crippen molar-refractivity contribution in [3.63, 3.8) is 0 Å². The Kier molecular flexibility index (Phi) is 3.36. The average molecular weight is 314 g/mol. The van der Waals surface area contributed by atoms with Crippen LogP contribution in [0.5, 0.6) is 5.75 Å². The van der Waals surface area contributed by atoms with Gasteiger partial charge in [-0.15, -0.1) is 0 Å². The molecule has 0 radical (unpaired) electrons. The van der Waals surface area contributed by atoms with E-state index in [1.165, 1.54) is 36.8 Å². The molecule has 2 nitrogen and oxygen atoms in total. The van der Waals surface area contributed by atoms with Gasteiger partial charge in [-0.1, -0.05) is 6.92 Å². The van der Waals surface area contributed by atoms with Crippen molar-refractivity contribution in [3.05, 3.63) is 28.8 Å². The first kappa shape index (κ1) is 15.5. The van der Waals surface area contributed by atoms with Gasteiger partial charge in [-0.3, -0.25) is 0 Å². The molecule has 0 aliphatic heterocycles. The van der Waals surface area contributed by atoms with Crippen LogP contribution in [0.2, 0.25) is 0 Å². The minimum atomic E-state index is -0.474. The Hall–Kier alpha value is -1.02. The number of ether oxygens (including phenoxy) is 1. The molecular formula is C21H30O2. The van der Waals surface area contributed by atoms with E-state index in [1.54, 1.807) is 12.7 Å². The number of methoxy groups -OCH3 is 1. The quantitative estimate of drug-likeness (QED) is 0.820. The van der Waals surface area contributed by atoms with Crippen LogP contribution < -0.4 is 4.74 Å². The summed E-state index contributed by atoms with van der Waals surface area (Å²) in [7, 11) is 1.76. The first-order valence-electron chi connectivity index (χ1n) is 9.27. The number of aliphatic hydroxyl groups is 1. The average Bonchev–Trinajstić information content (AvgIpc) is 2.76. The molecule has 23 heavy (non-hydrogen) atoms. The maximum atomic E-state index is 10.9. The van der Waals surface area contributed by atoms with E-state index in [-0.39, 0.29) is 5.41 Å². The highest BCUT2D eigenvalue weighted by Gasteiger charge is 2.59. The summed E-state index contributed by atoms with van der Waals surface area (Å²) >= 11 is 0. The van der Waals surface area contributed by atoms with Crippen LogP contribution in [-0.2, 0) is 6.42 Å². The van der Waals surface area contributed by atoms with Gasteiger partial charge in [-0.2, -0.15) is 0 Å². The minimum absolute atomic E-state index is 0.117. The van der Waals surface area contributed by atoms with Gasteiger partial charge in [0.25, 0.3) is 0 Å². The van der Waals surface area contributed by atoms with Crippen LogP contribution in [0.15, 0.2) is 12.1 Å². The number of hydrogen-bond donors (Lipinski definition) is 1. The Morgan fingerprint density at radius 1 is 1.13 bits per heavy atom. The summed E-state index contributed by atoms with van der Waals surface area (Å²) in [6.07, 6.45) is 7.02. The molecule has 2 saturated carbocycles. The Morgan fingerprint density at radius 3 is 2.65 bits per heavy atom. The van der Waals surface area contributed by atoms with E-state index in [2.05, 4.69) is 32.9 Å². The zero-order valence-corrected chi connectivity index (χ0v) is 15.0. The molecule has 1 N–H and O–H groups in total. The van der Waals surface area contributed by atoms with Crippen molar-refractivity contribution in [2.75, 3.05) is 7.11 Å². The van der Waals surface area contributed by atoms with Crippen molar-refractivity contribution in [1.82, 2.24) is 0 Å². The number of hydrogen-bond acceptors (Lipinski definition) is 2. The molecular weight excluding hydrogens is 284 g/mol. The Labute approximate surface area is 140 Å². The van der Waals surface area contributed by atoms with Gasteiger partial charge >= 0.3 is 0 Å². The van der Waals surface area contributed by atoms with Gasteiger partial charge in [-0.05, 0) is 104 Å². The molecule has 4 rings (SSSR count). The van der Waals surface area contributed by atoms with Gasteiger partial charge in [0.2, 0.25) is 0 Å². The van der Waals surface area contributed by atoms with E-state index in [9.17, 15) is 5.11 Å². The van der Waals surface area contributed by atoms with Crippen LogP contribution in [0.1, 0.15) is 68.6 Å². The Balaban J connectivity index is 1.73. The Morgan fingerprint density at radius 2 is 1.91 bits per heavy atom. The zero-order chi connectivity index (χ0) is 16.4. The van der Waals surface area contributed by atoms with E-state index in [0.29, 0.717) is 11.8 Å². The molecule has 0 amide bonds. The smallest absolute Gasteiger partial charge is 0.119 e. The number of fused-ring (bicyclic) bond motifs is 5. The molecule has 0 spiro atoms. The largest absolute Gasteiger partial charge is 0.497 e. The molecule has 0 bridgehead atoms. The Bertz CT molecular complexity index is 633. The van der Waals surface area contributed by atoms with Crippen molar-refractivity contribution in [2.45, 2.75) is 70.8 Å². The fraction of sp³-hybridized carbons (Fsp3) is 0.714. The number of rotatable bonds is 1. The minimum Gasteiger partial charge on any atom is -0.497 e. The second-order valence-electron chi connectivity index (χ2n) is 8.70. The van der Waals surface area contributed by atoms with Gasteiger partial charge < -0.3 is 9.84 Å². The summed E-state index contributed by atoms with van der Waals surface area (Å²) < 4.78 is 5.48. The molecule has 126 valence electrons. The van der Waals surface area contributed by atoms with E-state index >= 15 is 0 Å². The standard InChI is InChI=1S/C21H30O2/c1-13-11-15(23-4)12-14-5-6-16-17(19(13)14)7-9-20(2)18(16)8-10-21(20,3)22/h11-12,16-18,22H,5-10H2,1-4H3/t16-,17+,18+,20-,21-/m0/s1. The van der Waals surface area contributed by atoms with Crippen molar-refractivity contribution < 1.29 is 9.84 Å². The van der Waals surface area contributed by atoms with Gasteiger partial charge in [0, 0.05) is 0 Å². The van der Waals surface area contributed by atoms with Crippen LogP contribution >= 0.6 is 0 Å². The highest BCUT2D eigenvalue weighted by atomic mass is 16.5. The van der Waals surface area contributed by atoms with Crippen LogP contribution in [0, 0.1) is 24.2 Å². The van der Waals surface area contributed by atoms with Crippen LogP contribution in [0.3, 0.4) is 0 Å². The summed E-state index contributed by atoms with van der Waals surface area (Å²) in [6.45, 7) is 6.69. The molecule has 3 aliphatic carbocycles. The SMILES string of the molecule is COc1cc(C)c2c(c1)CC[C@@H]1[C@H]3CC[C@](C)(O)[C@@]3(C)CC[C@@H]21. The third-order valence-corrected chi connectivity index (χ3v) is 7.80. The molecule has 0 unspecified atom stereocenters. The molecule has 3 aliphatic rings. The van der Waals surface area contributed by atoms with Crippen LogP contribution in [0.25, 0.3) is 0 Å². The third-order valence-electron chi connectivity index (χ3n) is 7.80. The van der Waals surface area contributed by atoms with E-state index in [4.69, 9.17) is 4.74 Å². The van der Waals surface area contributed by atoms with E-state index < -0.39 is 5.60 Å². The van der Waals surface area contributed by atoms with Crippen LogP contribution in [0.4, 0.5) is 0 Å². The van der Waals surface area contributed by atoms with Crippen molar-refractivity contribution in [2.24, 2.45) is 17.3 Å². The fourth-order valence-corrected chi connectivity index (χ4v) is 6.30. The highest BCUT2D eigenvalue weighted by Crippen LogP contribution is 2.64. The predicted molar refractivity (Wildman–Crippen MR) is 93.0 cm³/mol. The van der Waals surface area contributed by atoms with Crippen LogP contribution in [-0.4, -0.2) is 17.8 Å². The van der Waals surface area contributed by atoms with Gasteiger partial charge in [0.1, 0.15) is 5.75 Å². The summed E-state index contributed by atoms with van der Waals surface area (Å²) in [6, 6.07) is 4.47. The second kappa shape index (κ2) is 4.99. The molecule has 2 heteroatoms. The first-order chi connectivity index (χ1) is 10.9. The topological polar surface area (TPSA) is 29.5 Å². The van der Waals surface area contributed by atoms with Gasteiger partial charge in [-0.25, -0.2) is 0 Å². The highest BCUT2D eigenvalue weighted by molar-refractivity contribution is 5.46. The molecule has 0 aromatic heterocycles. The molecule has 0 heterocycles. The molecule has 2 fully saturated rings. The monoisotopic (exact) mass is 314 g/mol. The summed E-state index contributed by atoms with van der Waals surface area (Å²) in [5.41, 5.74) is 4.17. The lowest BCUT2D eigenvalue weighted by atomic mass is 9.53.